The Hall–Kier alpha value is -3.14. The van der Waals surface area contributed by atoms with Crippen molar-refractivity contribution in [3.63, 3.8) is 0 Å². The number of halogens is 1. The highest BCUT2D eigenvalue weighted by molar-refractivity contribution is 6.31. The Morgan fingerprint density at radius 3 is 2.75 bits per heavy atom. The summed E-state index contributed by atoms with van der Waals surface area (Å²) in [4.78, 5) is 44.2. The molecule has 5 rings (SSSR count). The van der Waals surface area contributed by atoms with E-state index in [2.05, 4.69) is 22.6 Å². The summed E-state index contributed by atoms with van der Waals surface area (Å²) in [6, 6.07) is 3.22. The molecular weight excluding hydrogens is 532 g/mol. The Morgan fingerprint density at radius 1 is 1.27 bits per heavy atom. The average Bonchev–Trinajstić information content (AvgIpc) is 3.50. The molecule has 1 aliphatic carbocycles. The molecule has 40 heavy (non-hydrogen) atoms. The third kappa shape index (κ3) is 5.30. The standard InChI is InChI=1S/C29H39ClN6O4/c1-18-13-25(37)35(14-18)16-23-26-20(22(30)8-9-24(26)40-17-19-15-34(4)33-32-19)10-12-36(23)27(38)21-7-5-6-11-29(21,2)28(39)31-3/h8-9,15,18,21,23H,5-7,10-14,16-17H2,1-4H3,(H,31,39)/t18?,21-,23+,29-/m0/s1. The van der Waals surface area contributed by atoms with Gasteiger partial charge in [-0.3, -0.25) is 19.1 Å². The van der Waals surface area contributed by atoms with Gasteiger partial charge in [0, 0.05) is 50.7 Å². The normalized spacial score (nSPS) is 26.5. The fraction of sp³-hybridized carbons (Fsp3) is 0.621. The predicted molar refractivity (Wildman–Crippen MR) is 149 cm³/mol. The first-order valence-electron chi connectivity index (χ1n) is 14.2. The topological polar surface area (TPSA) is 110 Å². The van der Waals surface area contributed by atoms with Crippen molar-refractivity contribution in [1.29, 1.82) is 0 Å². The minimum absolute atomic E-state index is 0.0407. The number of carbonyl (C=O) groups excluding carboxylic acids is 3. The lowest BCUT2D eigenvalue weighted by Crippen LogP contribution is -2.54. The summed E-state index contributed by atoms with van der Waals surface area (Å²) in [5, 5.41) is 11.5. The molecule has 2 aromatic rings. The van der Waals surface area contributed by atoms with Gasteiger partial charge >= 0.3 is 0 Å². The van der Waals surface area contributed by atoms with Gasteiger partial charge in [0.15, 0.2) is 0 Å². The first-order valence-corrected chi connectivity index (χ1v) is 14.6. The molecule has 1 saturated heterocycles. The van der Waals surface area contributed by atoms with Crippen LogP contribution in [-0.4, -0.2) is 69.2 Å². The molecule has 10 nitrogen and oxygen atoms in total. The van der Waals surface area contributed by atoms with Crippen molar-refractivity contribution >= 4 is 29.3 Å². The summed E-state index contributed by atoms with van der Waals surface area (Å²) in [5.74, 6) is 0.372. The Kier molecular flexibility index (Phi) is 8.08. The Morgan fingerprint density at radius 2 is 2.08 bits per heavy atom. The highest BCUT2D eigenvalue weighted by atomic mass is 35.5. The lowest BCUT2D eigenvalue weighted by Gasteiger charge is -2.46. The van der Waals surface area contributed by atoms with Crippen LogP contribution in [-0.2, 0) is 34.5 Å². The monoisotopic (exact) mass is 570 g/mol. The number of hydrogen-bond acceptors (Lipinski definition) is 6. The van der Waals surface area contributed by atoms with Gasteiger partial charge in [-0.25, -0.2) is 0 Å². The zero-order valence-corrected chi connectivity index (χ0v) is 24.5. The van der Waals surface area contributed by atoms with E-state index in [1.165, 1.54) is 0 Å². The second kappa shape index (κ2) is 11.4. The van der Waals surface area contributed by atoms with E-state index in [4.69, 9.17) is 16.3 Å². The van der Waals surface area contributed by atoms with Crippen LogP contribution in [0.2, 0.25) is 5.02 Å². The highest BCUT2D eigenvalue weighted by Gasteiger charge is 2.49. The number of nitrogens with zero attached hydrogens (tertiary/aromatic N) is 5. The van der Waals surface area contributed by atoms with Crippen molar-refractivity contribution in [2.75, 3.05) is 26.7 Å². The second-order valence-corrected chi connectivity index (χ2v) is 12.2. The van der Waals surface area contributed by atoms with Crippen molar-refractivity contribution in [1.82, 2.24) is 30.1 Å². The zero-order valence-electron chi connectivity index (χ0n) is 23.8. The van der Waals surface area contributed by atoms with Gasteiger partial charge < -0.3 is 19.9 Å². The van der Waals surface area contributed by atoms with Gasteiger partial charge in [-0.15, -0.1) is 5.10 Å². The molecule has 1 unspecified atom stereocenters. The van der Waals surface area contributed by atoms with Gasteiger partial charge in [0.2, 0.25) is 17.7 Å². The molecule has 3 heterocycles. The van der Waals surface area contributed by atoms with E-state index in [9.17, 15) is 14.4 Å². The molecule has 1 N–H and O–H groups in total. The minimum Gasteiger partial charge on any atom is -0.487 e. The van der Waals surface area contributed by atoms with E-state index in [0.29, 0.717) is 61.8 Å². The maximum atomic E-state index is 14.5. The van der Waals surface area contributed by atoms with Gasteiger partial charge in [-0.2, -0.15) is 0 Å². The van der Waals surface area contributed by atoms with E-state index in [0.717, 1.165) is 24.0 Å². The van der Waals surface area contributed by atoms with Crippen LogP contribution in [0.15, 0.2) is 18.3 Å². The van der Waals surface area contributed by atoms with Crippen LogP contribution in [0, 0.1) is 17.3 Å². The molecule has 216 valence electrons. The maximum absolute atomic E-state index is 14.5. The molecule has 3 amide bonds. The minimum atomic E-state index is -0.785. The number of benzene rings is 1. The summed E-state index contributed by atoms with van der Waals surface area (Å²) < 4.78 is 7.91. The second-order valence-electron chi connectivity index (χ2n) is 11.8. The van der Waals surface area contributed by atoms with Gasteiger partial charge in [0.25, 0.3) is 0 Å². The Labute approximate surface area is 240 Å². The van der Waals surface area contributed by atoms with Crippen LogP contribution in [0.3, 0.4) is 0 Å². The Bertz CT molecular complexity index is 1300. The molecule has 1 saturated carbocycles. The van der Waals surface area contributed by atoms with Gasteiger partial charge in [0.1, 0.15) is 18.1 Å². The number of nitrogens with one attached hydrogen (secondary N) is 1. The number of carbonyl (C=O) groups is 3. The molecule has 4 atom stereocenters. The van der Waals surface area contributed by atoms with Crippen molar-refractivity contribution in [2.45, 2.75) is 65.0 Å². The van der Waals surface area contributed by atoms with E-state index >= 15 is 0 Å². The van der Waals surface area contributed by atoms with Crippen molar-refractivity contribution < 1.29 is 19.1 Å². The van der Waals surface area contributed by atoms with E-state index in [1.54, 1.807) is 25.0 Å². The fourth-order valence-corrected chi connectivity index (χ4v) is 7.07. The predicted octanol–water partition coefficient (Wildman–Crippen LogP) is 3.28. The number of aryl methyl sites for hydroxylation is 1. The van der Waals surface area contributed by atoms with E-state index < -0.39 is 17.4 Å². The number of aromatic nitrogens is 3. The van der Waals surface area contributed by atoms with Gasteiger partial charge in [-0.05, 0) is 49.8 Å². The molecule has 2 aliphatic heterocycles. The number of ether oxygens (including phenoxy) is 1. The number of likely N-dealkylation sites (tertiary alicyclic amines) is 1. The quantitative estimate of drug-likeness (QED) is 0.547. The lowest BCUT2D eigenvalue weighted by molar-refractivity contribution is -0.153. The largest absolute Gasteiger partial charge is 0.487 e. The van der Waals surface area contributed by atoms with Crippen molar-refractivity contribution in [3.8, 4) is 5.75 Å². The third-order valence-corrected chi connectivity index (χ3v) is 9.29. The molecule has 2 fully saturated rings. The van der Waals surface area contributed by atoms with Gasteiger partial charge in [0.05, 0.1) is 23.6 Å². The average molecular weight is 571 g/mol. The molecule has 0 bridgehead atoms. The van der Waals surface area contributed by atoms with Crippen LogP contribution in [0.4, 0.5) is 0 Å². The SMILES string of the molecule is CNC(=O)[C@@]1(C)CCCC[C@H]1C(=O)N1CCc2c(Cl)ccc(OCc3cn(C)nn3)c2[C@H]1CN1CC(C)CC1=O. The number of amides is 3. The molecule has 0 radical (unpaired) electrons. The maximum Gasteiger partial charge on any atom is 0.227 e. The van der Waals surface area contributed by atoms with Crippen LogP contribution in [0.5, 0.6) is 5.75 Å². The Balaban J connectivity index is 1.53. The van der Waals surface area contributed by atoms with Crippen LogP contribution in [0.25, 0.3) is 0 Å². The summed E-state index contributed by atoms with van der Waals surface area (Å²) in [6.45, 7) is 5.65. The number of hydrogen-bond donors (Lipinski definition) is 1. The third-order valence-electron chi connectivity index (χ3n) is 8.93. The van der Waals surface area contributed by atoms with Crippen LogP contribution >= 0.6 is 11.6 Å². The molecule has 0 spiro atoms. The number of fused-ring (bicyclic) bond motifs is 1. The summed E-state index contributed by atoms with van der Waals surface area (Å²) >= 11 is 6.73. The highest BCUT2D eigenvalue weighted by Crippen LogP contribution is 2.46. The first-order chi connectivity index (χ1) is 19.1. The van der Waals surface area contributed by atoms with E-state index in [1.807, 2.05) is 28.9 Å². The molecule has 1 aromatic carbocycles. The van der Waals surface area contributed by atoms with Crippen LogP contribution in [0.1, 0.15) is 68.8 Å². The van der Waals surface area contributed by atoms with Crippen molar-refractivity contribution in [3.05, 3.63) is 40.2 Å². The van der Waals surface area contributed by atoms with Gasteiger partial charge in [-0.1, -0.05) is 36.6 Å². The molecule has 11 heteroatoms. The first kappa shape index (κ1) is 28.4. The fourth-order valence-electron chi connectivity index (χ4n) is 6.81. The molecule has 1 aromatic heterocycles. The summed E-state index contributed by atoms with van der Waals surface area (Å²) in [6.07, 6.45) is 5.99. The summed E-state index contributed by atoms with van der Waals surface area (Å²) in [7, 11) is 3.43. The molecular formula is C29H39ClN6O4. The lowest BCUT2D eigenvalue weighted by atomic mass is 9.66. The van der Waals surface area contributed by atoms with Crippen molar-refractivity contribution in [2.24, 2.45) is 24.3 Å². The smallest absolute Gasteiger partial charge is 0.227 e. The summed E-state index contributed by atoms with van der Waals surface area (Å²) in [5.41, 5.74) is 1.66. The zero-order chi connectivity index (χ0) is 28.6. The van der Waals surface area contributed by atoms with Crippen LogP contribution < -0.4 is 10.1 Å². The number of rotatable bonds is 7. The molecule has 3 aliphatic rings. The van der Waals surface area contributed by atoms with E-state index in [-0.39, 0.29) is 30.2 Å².